The van der Waals surface area contributed by atoms with E-state index in [1.807, 2.05) is 0 Å². The number of aromatic amines is 1. The van der Waals surface area contributed by atoms with Crippen molar-refractivity contribution >= 4 is 5.57 Å². The molecule has 0 unspecified atom stereocenters. The predicted molar refractivity (Wildman–Crippen MR) is 102 cm³/mol. The van der Waals surface area contributed by atoms with Crippen LogP contribution >= 0.6 is 0 Å². The van der Waals surface area contributed by atoms with Crippen molar-refractivity contribution in [1.82, 2.24) is 9.97 Å². The molecule has 0 atom stereocenters. The molecule has 3 heteroatoms. The lowest BCUT2D eigenvalue weighted by atomic mass is 10.0. The number of hydrogen-bond acceptors (Lipinski definition) is 2. The Morgan fingerprint density at radius 3 is 2.52 bits per heavy atom. The van der Waals surface area contributed by atoms with Crippen molar-refractivity contribution in [2.24, 2.45) is 0 Å². The summed E-state index contributed by atoms with van der Waals surface area (Å²) in [7, 11) is 0. The molecule has 25 heavy (non-hydrogen) atoms. The summed E-state index contributed by atoms with van der Waals surface area (Å²) in [6, 6.07) is 17.0. The maximum absolute atomic E-state index is 5.48. The number of rotatable bonds is 3. The zero-order chi connectivity index (χ0) is 17.2. The van der Waals surface area contributed by atoms with Gasteiger partial charge in [0.25, 0.3) is 0 Å². The Hall–Kier alpha value is -2.65. The Labute approximate surface area is 148 Å². The second kappa shape index (κ2) is 6.69. The number of hydrogen-bond donors (Lipinski definition) is 1. The number of aryl methyl sites for hydroxylation is 2. The Balaban J connectivity index is 1.85. The number of nitrogens with zero attached hydrogens (tertiary/aromatic N) is 1. The molecule has 0 spiro atoms. The zero-order valence-corrected chi connectivity index (χ0v) is 14.7. The van der Waals surface area contributed by atoms with Gasteiger partial charge in [-0.15, -0.1) is 0 Å². The Kier molecular flexibility index (Phi) is 4.24. The number of aromatic nitrogens is 2. The summed E-state index contributed by atoms with van der Waals surface area (Å²) in [5, 5.41) is 0. The second-order valence-electron chi connectivity index (χ2n) is 6.60. The molecule has 3 aromatic rings. The average Bonchev–Trinajstić information content (AvgIpc) is 3.08. The fourth-order valence-corrected chi connectivity index (χ4v) is 3.21. The first-order chi connectivity index (χ1) is 12.2. The molecule has 0 aliphatic carbocycles. The van der Waals surface area contributed by atoms with Gasteiger partial charge in [-0.3, -0.25) is 0 Å². The van der Waals surface area contributed by atoms with Gasteiger partial charge in [0, 0.05) is 11.1 Å². The highest BCUT2D eigenvalue weighted by Gasteiger charge is 2.18. The van der Waals surface area contributed by atoms with Crippen molar-refractivity contribution < 1.29 is 4.74 Å². The fourth-order valence-electron chi connectivity index (χ4n) is 3.21. The van der Waals surface area contributed by atoms with E-state index in [-0.39, 0.29) is 0 Å². The van der Waals surface area contributed by atoms with Gasteiger partial charge >= 0.3 is 0 Å². The standard InChI is InChI=1S/C22H22N2O/c1-15-6-8-18(9-7-15)22-23-20(17-10-12-25-13-11-17)21(24-22)19-5-3-4-16(2)14-19/h3-10,14H,11-13H2,1-2H3,(H,23,24). The highest BCUT2D eigenvalue weighted by molar-refractivity contribution is 5.80. The van der Waals surface area contributed by atoms with E-state index in [9.17, 15) is 0 Å². The van der Waals surface area contributed by atoms with E-state index in [1.54, 1.807) is 0 Å². The largest absolute Gasteiger partial charge is 0.377 e. The third-order valence-electron chi connectivity index (χ3n) is 4.60. The van der Waals surface area contributed by atoms with Crippen LogP contribution in [0.4, 0.5) is 0 Å². The van der Waals surface area contributed by atoms with Crippen molar-refractivity contribution in [2.75, 3.05) is 13.2 Å². The maximum Gasteiger partial charge on any atom is 0.138 e. The van der Waals surface area contributed by atoms with Gasteiger partial charge < -0.3 is 9.72 Å². The molecule has 2 heterocycles. The molecule has 4 rings (SSSR count). The number of benzene rings is 2. The predicted octanol–water partition coefficient (Wildman–Crippen LogP) is 5.16. The first-order valence-electron chi connectivity index (χ1n) is 8.72. The molecule has 0 radical (unpaired) electrons. The highest BCUT2D eigenvalue weighted by atomic mass is 16.5. The van der Waals surface area contributed by atoms with E-state index in [2.05, 4.69) is 73.4 Å². The third kappa shape index (κ3) is 3.28. The number of nitrogens with one attached hydrogen (secondary N) is 1. The van der Waals surface area contributed by atoms with E-state index in [0.29, 0.717) is 6.61 Å². The van der Waals surface area contributed by atoms with Crippen LogP contribution in [0.25, 0.3) is 28.2 Å². The smallest absolute Gasteiger partial charge is 0.138 e. The van der Waals surface area contributed by atoms with Gasteiger partial charge in [0.05, 0.1) is 24.6 Å². The lowest BCUT2D eigenvalue weighted by Gasteiger charge is -2.13. The van der Waals surface area contributed by atoms with Gasteiger partial charge in [0.15, 0.2) is 0 Å². The summed E-state index contributed by atoms with van der Waals surface area (Å²) >= 11 is 0. The van der Waals surface area contributed by atoms with Crippen LogP contribution in [-0.2, 0) is 4.74 Å². The van der Waals surface area contributed by atoms with E-state index in [4.69, 9.17) is 9.72 Å². The van der Waals surface area contributed by atoms with E-state index >= 15 is 0 Å². The summed E-state index contributed by atoms with van der Waals surface area (Å²) < 4.78 is 5.48. The average molecular weight is 330 g/mol. The molecular formula is C22H22N2O. The van der Waals surface area contributed by atoms with E-state index in [0.717, 1.165) is 41.4 Å². The van der Waals surface area contributed by atoms with Crippen LogP contribution < -0.4 is 0 Å². The summed E-state index contributed by atoms with van der Waals surface area (Å²) in [5.41, 5.74) is 8.17. The van der Waals surface area contributed by atoms with Crippen molar-refractivity contribution in [3.8, 4) is 22.6 Å². The Bertz CT molecular complexity index is 919. The van der Waals surface area contributed by atoms with Crippen LogP contribution in [0, 0.1) is 13.8 Å². The van der Waals surface area contributed by atoms with Crippen molar-refractivity contribution in [3.63, 3.8) is 0 Å². The topological polar surface area (TPSA) is 37.9 Å². The van der Waals surface area contributed by atoms with Gasteiger partial charge in [0.1, 0.15) is 5.82 Å². The van der Waals surface area contributed by atoms with Crippen LogP contribution in [0.2, 0.25) is 0 Å². The lowest BCUT2D eigenvalue weighted by Crippen LogP contribution is -2.04. The van der Waals surface area contributed by atoms with E-state index in [1.165, 1.54) is 16.7 Å². The molecule has 1 aliphatic heterocycles. The normalized spacial score (nSPS) is 14.4. The van der Waals surface area contributed by atoms with Crippen LogP contribution in [0.3, 0.4) is 0 Å². The minimum Gasteiger partial charge on any atom is -0.377 e. The van der Waals surface area contributed by atoms with Crippen molar-refractivity contribution in [3.05, 3.63) is 71.4 Å². The summed E-state index contributed by atoms with van der Waals surface area (Å²) in [6.45, 7) is 5.65. The first-order valence-corrected chi connectivity index (χ1v) is 8.72. The summed E-state index contributed by atoms with van der Waals surface area (Å²) in [6.07, 6.45) is 3.07. The summed E-state index contributed by atoms with van der Waals surface area (Å²) in [5.74, 6) is 0.916. The molecule has 126 valence electrons. The van der Waals surface area contributed by atoms with Crippen molar-refractivity contribution in [1.29, 1.82) is 0 Å². The quantitative estimate of drug-likeness (QED) is 0.720. The molecular weight excluding hydrogens is 308 g/mol. The van der Waals surface area contributed by atoms with Gasteiger partial charge in [-0.1, -0.05) is 59.7 Å². The first kappa shape index (κ1) is 15.9. The van der Waals surface area contributed by atoms with Crippen LogP contribution in [-0.4, -0.2) is 23.2 Å². The second-order valence-corrected chi connectivity index (χ2v) is 6.60. The number of ether oxygens (including phenoxy) is 1. The van der Waals surface area contributed by atoms with Gasteiger partial charge in [0.2, 0.25) is 0 Å². The Morgan fingerprint density at radius 2 is 1.80 bits per heavy atom. The van der Waals surface area contributed by atoms with E-state index < -0.39 is 0 Å². The molecule has 0 fully saturated rings. The number of H-pyrrole nitrogens is 1. The highest BCUT2D eigenvalue weighted by Crippen LogP contribution is 2.33. The minimum absolute atomic E-state index is 0.668. The van der Waals surface area contributed by atoms with Gasteiger partial charge in [-0.05, 0) is 31.9 Å². The van der Waals surface area contributed by atoms with Gasteiger partial charge in [-0.2, -0.15) is 0 Å². The molecule has 3 nitrogen and oxygen atoms in total. The molecule has 1 aliphatic rings. The molecule has 0 amide bonds. The third-order valence-corrected chi connectivity index (χ3v) is 4.60. The number of imidazole rings is 1. The minimum atomic E-state index is 0.668. The molecule has 2 aromatic carbocycles. The maximum atomic E-state index is 5.48. The summed E-state index contributed by atoms with van der Waals surface area (Å²) in [4.78, 5) is 8.53. The van der Waals surface area contributed by atoms with Crippen molar-refractivity contribution in [2.45, 2.75) is 20.3 Å². The fraction of sp³-hybridized carbons (Fsp3) is 0.227. The van der Waals surface area contributed by atoms with Crippen LogP contribution in [0.5, 0.6) is 0 Å². The van der Waals surface area contributed by atoms with Gasteiger partial charge in [-0.25, -0.2) is 4.98 Å². The molecule has 0 bridgehead atoms. The zero-order valence-electron chi connectivity index (χ0n) is 14.7. The lowest BCUT2D eigenvalue weighted by molar-refractivity contribution is 0.161. The van der Waals surface area contributed by atoms with Crippen LogP contribution in [0.1, 0.15) is 23.2 Å². The monoisotopic (exact) mass is 330 g/mol. The molecule has 1 N–H and O–H groups in total. The SMILES string of the molecule is Cc1ccc(-c2nc(-c3cccc(C)c3)c(C3=CCOCC3)[nH]2)cc1. The van der Waals surface area contributed by atoms with Crippen LogP contribution in [0.15, 0.2) is 54.6 Å². The molecule has 0 saturated carbocycles. The molecule has 1 aromatic heterocycles. The Morgan fingerprint density at radius 1 is 0.960 bits per heavy atom. The molecule has 0 saturated heterocycles.